The number of amides is 3. The van der Waals surface area contributed by atoms with Gasteiger partial charge in [-0.3, -0.25) is 14.8 Å². The molecule has 36 heavy (non-hydrogen) atoms. The Labute approximate surface area is 209 Å². The van der Waals surface area contributed by atoms with Crippen molar-refractivity contribution in [2.24, 2.45) is 0 Å². The van der Waals surface area contributed by atoms with Crippen LogP contribution in [0.2, 0.25) is 0 Å². The van der Waals surface area contributed by atoms with E-state index < -0.39 is 22.0 Å². The molecule has 0 aliphatic rings. The lowest BCUT2D eigenvalue weighted by molar-refractivity contribution is -0.115. The molecule has 190 valence electrons. The molecule has 0 aliphatic heterocycles. The van der Waals surface area contributed by atoms with Gasteiger partial charge in [0.1, 0.15) is 12.1 Å². The highest BCUT2D eigenvalue weighted by atomic mass is 32.2. The molecule has 0 saturated heterocycles. The molecule has 2 aromatic carbocycles. The van der Waals surface area contributed by atoms with Gasteiger partial charge in [0.05, 0.1) is 25.1 Å². The van der Waals surface area contributed by atoms with Crippen molar-refractivity contribution in [1.82, 2.24) is 15.3 Å². The summed E-state index contributed by atoms with van der Waals surface area (Å²) in [4.78, 5) is 33.0. The van der Waals surface area contributed by atoms with Crippen LogP contribution >= 0.6 is 0 Å². The molecule has 0 bridgehead atoms. The van der Waals surface area contributed by atoms with Gasteiger partial charge < -0.3 is 15.4 Å². The zero-order valence-electron chi connectivity index (χ0n) is 20.5. The maximum absolute atomic E-state index is 12.4. The van der Waals surface area contributed by atoms with Crippen molar-refractivity contribution in [3.05, 3.63) is 60.6 Å². The van der Waals surface area contributed by atoms with Gasteiger partial charge in [-0.2, -0.15) is 0 Å². The smallest absolute Gasteiger partial charge is 0.326 e. The predicted molar refractivity (Wildman–Crippen MR) is 140 cm³/mol. The molecule has 0 atom stereocenters. The molecule has 1 heterocycles. The number of sulfonamides is 1. The molecule has 0 aliphatic carbocycles. The van der Waals surface area contributed by atoms with E-state index in [0.717, 1.165) is 24.2 Å². The van der Waals surface area contributed by atoms with Gasteiger partial charge in [-0.1, -0.05) is 20.8 Å². The van der Waals surface area contributed by atoms with Crippen LogP contribution in [0.25, 0.3) is 10.9 Å². The Kier molecular flexibility index (Phi) is 7.78. The highest BCUT2D eigenvalue weighted by molar-refractivity contribution is 7.92. The minimum atomic E-state index is -3.39. The summed E-state index contributed by atoms with van der Waals surface area (Å²) in [6.45, 7) is 6.06. The van der Waals surface area contributed by atoms with Crippen molar-refractivity contribution in [3.8, 4) is 0 Å². The Morgan fingerprint density at radius 2 is 1.67 bits per heavy atom. The molecule has 3 amide bonds. The minimum Gasteiger partial charge on any atom is -0.504 e. The standard InChI is InChI=1S/C24H28N6O5S/c1-24(2,3)19-13-17(28-23(32)29-20(31)10-11-35-4)12-18-21(19)25-14-26-22(18)27-15-6-8-16(9-7-15)30-36(5,33)34/h6-14,30H,1-5H3,(H,25,26,27)(H2,28,29,31,32)/b11-10+. The van der Waals surface area contributed by atoms with Crippen LogP contribution in [0, 0.1) is 0 Å². The normalized spacial score (nSPS) is 11.8. The van der Waals surface area contributed by atoms with Gasteiger partial charge >= 0.3 is 6.03 Å². The number of fused-ring (bicyclic) bond motifs is 1. The van der Waals surface area contributed by atoms with E-state index in [-0.39, 0.29) is 5.41 Å². The number of hydrogen-bond acceptors (Lipinski definition) is 8. The van der Waals surface area contributed by atoms with Crippen molar-refractivity contribution in [2.75, 3.05) is 28.7 Å². The number of carbonyl (C=O) groups is 2. The number of ether oxygens (including phenoxy) is 1. The molecule has 0 saturated carbocycles. The largest absolute Gasteiger partial charge is 0.504 e. The summed E-state index contributed by atoms with van der Waals surface area (Å²) in [5, 5.41) is 8.73. The van der Waals surface area contributed by atoms with Crippen molar-refractivity contribution in [3.63, 3.8) is 0 Å². The molecule has 0 spiro atoms. The van der Waals surface area contributed by atoms with Gasteiger partial charge in [0.25, 0.3) is 5.91 Å². The summed E-state index contributed by atoms with van der Waals surface area (Å²) in [5.41, 5.74) is 2.77. The van der Waals surface area contributed by atoms with Crippen LogP contribution < -0.4 is 20.7 Å². The zero-order valence-corrected chi connectivity index (χ0v) is 21.4. The fourth-order valence-corrected chi connectivity index (χ4v) is 3.89. The van der Waals surface area contributed by atoms with E-state index in [4.69, 9.17) is 0 Å². The molecule has 0 unspecified atom stereocenters. The molecular formula is C24H28N6O5S. The summed E-state index contributed by atoms with van der Waals surface area (Å²) in [6, 6.07) is 9.47. The zero-order chi connectivity index (χ0) is 26.5. The van der Waals surface area contributed by atoms with E-state index >= 15 is 0 Å². The number of imide groups is 1. The number of hydrogen-bond donors (Lipinski definition) is 4. The van der Waals surface area contributed by atoms with Gasteiger partial charge in [-0.25, -0.2) is 23.2 Å². The lowest BCUT2D eigenvalue weighted by Gasteiger charge is -2.23. The number of carbonyl (C=O) groups excluding carboxylic acids is 2. The van der Waals surface area contributed by atoms with Crippen molar-refractivity contribution in [1.29, 1.82) is 0 Å². The Morgan fingerprint density at radius 3 is 2.28 bits per heavy atom. The van der Waals surface area contributed by atoms with Gasteiger partial charge in [0, 0.05) is 28.5 Å². The lowest BCUT2D eigenvalue weighted by Crippen LogP contribution is -2.33. The molecule has 3 rings (SSSR count). The molecule has 3 aromatic rings. The van der Waals surface area contributed by atoms with Crippen LogP contribution in [-0.2, 0) is 25.0 Å². The van der Waals surface area contributed by atoms with Gasteiger partial charge in [0.15, 0.2) is 0 Å². The Bertz CT molecular complexity index is 1410. The second-order valence-electron chi connectivity index (χ2n) is 8.95. The third kappa shape index (κ3) is 7.15. The fraction of sp³-hybridized carbons (Fsp3) is 0.250. The van der Waals surface area contributed by atoms with E-state index in [1.807, 2.05) is 20.8 Å². The van der Waals surface area contributed by atoms with Crippen LogP contribution in [0.4, 0.5) is 27.7 Å². The van der Waals surface area contributed by atoms with Crippen molar-refractivity contribution < 1.29 is 22.7 Å². The van der Waals surface area contributed by atoms with E-state index in [2.05, 4.69) is 35.4 Å². The van der Waals surface area contributed by atoms with Crippen molar-refractivity contribution in [2.45, 2.75) is 26.2 Å². The highest BCUT2D eigenvalue weighted by Gasteiger charge is 2.21. The number of nitrogens with zero attached hydrogens (tertiary/aromatic N) is 2. The third-order valence-corrected chi connectivity index (χ3v) is 5.45. The van der Waals surface area contributed by atoms with Crippen molar-refractivity contribution >= 4 is 55.7 Å². The summed E-state index contributed by atoms with van der Waals surface area (Å²) in [5.74, 6) is -0.150. The van der Waals surface area contributed by atoms with Crippen LogP contribution in [0.3, 0.4) is 0 Å². The van der Waals surface area contributed by atoms with Gasteiger partial charge in [-0.15, -0.1) is 0 Å². The number of methoxy groups -OCH3 is 1. The molecule has 1 aromatic heterocycles. The Hall–Kier alpha value is -4.19. The summed E-state index contributed by atoms with van der Waals surface area (Å²) in [7, 11) is -1.99. The van der Waals surface area contributed by atoms with E-state index in [0.29, 0.717) is 33.8 Å². The van der Waals surface area contributed by atoms with E-state index in [1.54, 1.807) is 36.4 Å². The fourth-order valence-electron chi connectivity index (χ4n) is 3.33. The molecule has 11 nitrogen and oxygen atoms in total. The number of benzene rings is 2. The first-order valence-corrected chi connectivity index (χ1v) is 12.7. The SMILES string of the molecule is CO/C=C/C(=O)NC(=O)Nc1cc(C(C)(C)C)c2ncnc(Nc3ccc(NS(C)(=O)=O)cc3)c2c1. The lowest BCUT2D eigenvalue weighted by atomic mass is 9.85. The predicted octanol–water partition coefficient (Wildman–Crippen LogP) is 3.85. The maximum Gasteiger partial charge on any atom is 0.326 e. The van der Waals surface area contributed by atoms with Gasteiger partial charge in [-0.05, 0) is 47.4 Å². The number of urea groups is 1. The van der Waals surface area contributed by atoms with Crippen LogP contribution in [-0.4, -0.2) is 43.7 Å². The minimum absolute atomic E-state index is 0.325. The van der Waals surface area contributed by atoms with Crippen LogP contribution in [0.1, 0.15) is 26.3 Å². The Morgan fingerprint density at radius 1 is 1.00 bits per heavy atom. The molecule has 0 fully saturated rings. The maximum atomic E-state index is 12.4. The Balaban J connectivity index is 1.96. The molecular weight excluding hydrogens is 484 g/mol. The average molecular weight is 513 g/mol. The summed E-state index contributed by atoms with van der Waals surface area (Å²) < 4.78 is 30.0. The monoisotopic (exact) mass is 512 g/mol. The molecule has 4 N–H and O–H groups in total. The second-order valence-corrected chi connectivity index (χ2v) is 10.7. The number of anilines is 4. The highest BCUT2D eigenvalue weighted by Crippen LogP contribution is 2.35. The summed E-state index contributed by atoms with van der Waals surface area (Å²) >= 11 is 0. The quantitative estimate of drug-likeness (QED) is 0.275. The van der Waals surface area contributed by atoms with E-state index in [9.17, 15) is 18.0 Å². The topological polar surface area (TPSA) is 151 Å². The molecule has 0 radical (unpaired) electrons. The first-order chi connectivity index (χ1) is 16.9. The average Bonchev–Trinajstić information content (AvgIpc) is 2.77. The second kappa shape index (κ2) is 10.6. The summed E-state index contributed by atoms with van der Waals surface area (Å²) in [6.07, 6.45) is 4.78. The third-order valence-electron chi connectivity index (χ3n) is 4.85. The first kappa shape index (κ1) is 26.4. The number of aromatic nitrogens is 2. The number of nitrogens with one attached hydrogen (secondary N) is 4. The van der Waals surface area contributed by atoms with E-state index in [1.165, 1.54) is 13.4 Å². The number of rotatable bonds is 7. The first-order valence-electron chi connectivity index (χ1n) is 10.8. The van der Waals surface area contributed by atoms with Gasteiger partial charge in [0.2, 0.25) is 10.0 Å². The van der Waals surface area contributed by atoms with Crippen LogP contribution in [0.15, 0.2) is 55.1 Å². The van der Waals surface area contributed by atoms with Crippen LogP contribution in [0.5, 0.6) is 0 Å². The molecule has 12 heteroatoms.